The van der Waals surface area contributed by atoms with Gasteiger partial charge in [0.25, 0.3) is 0 Å². The van der Waals surface area contributed by atoms with E-state index in [2.05, 4.69) is 20.4 Å². The maximum atomic E-state index is 13.0. The van der Waals surface area contributed by atoms with E-state index in [-0.39, 0.29) is 23.5 Å². The lowest BCUT2D eigenvalue weighted by Crippen LogP contribution is -2.50. The second-order valence-electron chi connectivity index (χ2n) is 8.90. The Morgan fingerprint density at radius 1 is 1.29 bits per heavy atom. The Hall–Kier alpha value is -0.970. The molecule has 0 aromatic heterocycles. The monoisotopic (exact) mass is 334 g/mol. The minimum atomic E-state index is -1.72. The van der Waals surface area contributed by atoms with Crippen molar-refractivity contribution in [1.82, 2.24) is 0 Å². The van der Waals surface area contributed by atoms with E-state index in [1.165, 1.54) is 0 Å². The van der Waals surface area contributed by atoms with Gasteiger partial charge in [-0.15, -0.1) is 0 Å². The van der Waals surface area contributed by atoms with Crippen molar-refractivity contribution in [3.63, 3.8) is 0 Å². The molecule has 4 nitrogen and oxygen atoms in total. The molecular weight excluding hydrogens is 304 g/mol. The maximum Gasteiger partial charge on any atom is 0.190 e. The number of carbonyl (C=O) groups is 1. The van der Waals surface area contributed by atoms with Gasteiger partial charge in [-0.25, -0.2) is 0 Å². The number of aliphatic hydroxyl groups excluding tert-OH is 2. The van der Waals surface area contributed by atoms with Crippen LogP contribution >= 0.6 is 0 Å². The largest absolute Gasteiger partial charge is 0.392 e. The van der Waals surface area contributed by atoms with Gasteiger partial charge >= 0.3 is 0 Å². The number of hydrogen-bond acceptors (Lipinski definition) is 4. The van der Waals surface area contributed by atoms with Crippen LogP contribution in [0, 0.1) is 29.1 Å². The zero-order chi connectivity index (χ0) is 18.0. The smallest absolute Gasteiger partial charge is 0.190 e. The quantitative estimate of drug-likeness (QED) is 0.594. The number of Topliss-reactive ketones (excluding diaryl/α,β-unsaturated/α-hetero) is 1. The van der Waals surface area contributed by atoms with Gasteiger partial charge in [0.05, 0.1) is 18.1 Å². The molecule has 0 amide bonds. The zero-order valence-electron chi connectivity index (χ0n) is 15.1. The van der Waals surface area contributed by atoms with Crippen molar-refractivity contribution < 1.29 is 20.1 Å². The Morgan fingerprint density at radius 2 is 1.92 bits per heavy atom. The van der Waals surface area contributed by atoms with Crippen molar-refractivity contribution in [2.75, 3.05) is 0 Å². The summed E-state index contributed by atoms with van der Waals surface area (Å²) in [6.45, 7) is 11.9. The van der Waals surface area contributed by atoms with Crippen LogP contribution in [0.2, 0.25) is 0 Å². The molecule has 3 aliphatic rings. The first-order valence-corrected chi connectivity index (χ1v) is 9.01. The maximum absolute atomic E-state index is 13.0. The van der Waals surface area contributed by atoms with Gasteiger partial charge in [0, 0.05) is 0 Å². The van der Waals surface area contributed by atoms with E-state index < -0.39 is 23.7 Å². The van der Waals surface area contributed by atoms with Crippen LogP contribution in [0.25, 0.3) is 0 Å². The molecule has 0 saturated heterocycles. The van der Waals surface area contributed by atoms with Gasteiger partial charge in [-0.1, -0.05) is 33.4 Å². The number of hydrogen-bond donors (Lipinski definition) is 3. The predicted octanol–water partition coefficient (Wildman–Crippen LogP) is 2.23. The Labute approximate surface area is 144 Å². The van der Waals surface area contributed by atoms with Gasteiger partial charge in [0.2, 0.25) is 0 Å². The standard InChI is InChI=1S/C20H30O4/c1-10-6-7-13-14(19(13,4)5)8-11(2)18(23)20(24)9-12(3)17(22)15(20)16(10)21/h8,12-17,21-22,24H,1,6-7,9H2,2-5H3/b11-8-/t12-,13-,14-,15-,16-,17-,20+/m0/s1. The summed E-state index contributed by atoms with van der Waals surface area (Å²) in [6, 6.07) is 0. The highest BCUT2D eigenvalue weighted by molar-refractivity contribution is 6.02. The van der Waals surface area contributed by atoms with Crippen LogP contribution in [0.15, 0.2) is 23.8 Å². The third kappa shape index (κ3) is 2.42. The van der Waals surface area contributed by atoms with Gasteiger partial charge in [0.15, 0.2) is 5.78 Å². The van der Waals surface area contributed by atoms with E-state index in [1.807, 2.05) is 13.0 Å². The fourth-order valence-electron chi connectivity index (χ4n) is 5.17. The fourth-order valence-corrected chi connectivity index (χ4v) is 5.17. The number of ketones is 1. The predicted molar refractivity (Wildman–Crippen MR) is 92.1 cm³/mol. The molecule has 7 atom stereocenters. The van der Waals surface area contributed by atoms with Gasteiger partial charge in [0.1, 0.15) is 5.60 Å². The molecule has 0 radical (unpaired) electrons. The van der Waals surface area contributed by atoms with Crippen LogP contribution in [0.3, 0.4) is 0 Å². The van der Waals surface area contributed by atoms with Crippen molar-refractivity contribution in [3.8, 4) is 0 Å². The van der Waals surface area contributed by atoms with E-state index in [0.717, 1.165) is 6.42 Å². The van der Waals surface area contributed by atoms with Crippen LogP contribution in [0.5, 0.6) is 0 Å². The Balaban J connectivity index is 2.04. The molecule has 0 aromatic carbocycles. The molecule has 2 saturated carbocycles. The van der Waals surface area contributed by atoms with Crippen molar-refractivity contribution in [2.45, 2.75) is 64.8 Å². The summed E-state index contributed by atoms with van der Waals surface area (Å²) >= 11 is 0. The molecule has 24 heavy (non-hydrogen) atoms. The average molecular weight is 334 g/mol. The van der Waals surface area contributed by atoms with E-state index in [0.29, 0.717) is 29.4 Å². The highest BCUT2D eigenvalue weighted by Crippen LogP contribution is 2.62. The molecular formula is C20H30O4. The summed E-state index contributed by atoms with van der Waals surface area (Å²) in [5.41, 5.74) is -0.429. The number of allylic oxidation sites excluding steroid dienone is 1. The summed E-state index contributed by atoms with van der Waals surface area (Å²) in [5.74, 6) is -0.729. The molecule has 0 heterocycles. The van der Waals surface area contributed by atoms with Crippen LogP contribution in [-0.4, -0.2) is 38.9 Å². The van der Waals surface area contributed by atoms with E-state index in [9.17, 15) is 20.1 Å². The molecule has 134 valence electrons. The molecule has 0 spiro atoms. The molecule has 3 aliphatic carbocycles. The van der Waals surface area contributed by atoms with Gasteiger partial charge in [-0.3, -0.25) is 4.79 Å². The number of aliphatic hydroxyl groups is 3. The van der Waals surface area contributed by atoms with Crippen molar-refractivity contribution in [2.24, 2.45) is 29.1 Å². The Bertz CT molecular complexity index is 605. The fraction of sp³-hybridized carbons (Fsp3) is 0.750. The molecule has 2 fully saturated rings. The molecule has 3 N–H and O–H groups in total. The second-order valence-corrected chi connectivity index (χ2v) is 8.90. The van der Waals surface area contributed by atoms with Crippen LogP contribution in [0.4, 0.5) is 0 Å². The number of carbonyl (C=O) groups excluding carboxylic acids is 1. The minimum Gasteiger partial charge on any atom is -0.392 e. The Kier molecular flexibility index (Phi) is 4.10. The van der Waals surface area contributed by atoms with Crippen LogP contribution in [0.1, 0.15) is 47.0 Å². The summed E-state index contributed by atoms with van der Waals surface area (Å²) in [5, 5.41) is 32.4. The highest BCUT2D eigenvalue weighted by Gasteiger charge is 2.60. The highest BCUT2D eigenvalue weighted by atomic mass is 16.3. The molecule has 0 bridgehead atoms. The lowest BCUT2D eigenvalue weighted by atomic mass is 9.77. The first-order chi connectivity index (χ1) is 11.0. The minimum absolute atomic E-state index is 0.135. The van der Waals surface area contributed by atoms with E-state index in [4.69, 9.17) is 0 Å². The normalized spacial score (nSPS) is 50.4. The zero-order valence-corrected chi connectivity index (χ0v) is 15.1. The summed E-state index contributed by atoms with van der Waals surface area (Å²) in [7, 11) is 0. The summed E-state index contributed by atoms with van der Waals surface area (Å²) in [6.07, 6.45) is 1.75. The van der Waals surface area contributed by atoms with E-state index >= 15 is 0 Å². The third-order valence-corrected chi connectivity index (χ3v) is 6.99. The van der Waals surface area contributed by atoms with E-state index in [1.54, 1.807) is 6.92 Å². The van der Waals surface area contributed by atoms with Gasteiger partial charge < -0.3 is 15.3 Å². The average Bonchev–Trinajstić information content (AvgIpc) is 2.91. The van der Waals surface area contributed by atoms with Crippen LogP contribution in [-0.2, 0) is 4.79 Å². The van der Waals surface area contributed by atoms with Gasteiger partial charge in [-0.2, -0.15) is 0 Å². The molecule has 0 unspecified atom stereocenters. The third-order valence-electron chi connectivity index (χ3n) is 6.99. The summed E-state index contributed by atoms with van der Waals surface area (Å²) < 4.78 is 0. The number of fused-ring (bicyclic) bond motifs is 2. The summed E-state index contributed by atoms with van der Waals surface area (Å²) in [4.78, 5) is 13.0. The molecule has 0 aliphatic heterocycles. The second kappa shape index (κ2) is 5.52. The topological polar surface area (TPSA) is 77.8 Å². The van der Waals surface area contributed by atoms with Crippen molar-refractivity contribution in [1.29, 1.82) is 0 Å². The first kappa shape index (κ1) is 17.8. The molecule has 0 aromatic rings. The van der Waals surface area contributed by atoms with Crippen molar-refractivity contribution >= 4 is 5.78 Å². The van der Waals surface area contributed by atoms with Gasteiger partial charge in [-0.05, 0) is 60.5 Å². The lowest BCUT2D eigenvalue weighted by Gasteiger charge is -2.34. The molecule has 3 rings (SSSR count). The number of rotatable bonds is 0. The lowest BCUT2D eigenvalue weighted by molar-refractivity contribution is -0.144. The van der Waals surface area contributed by atoms with Crippen LogP contribution < -0.4 is 0 Å². The Morgan fingerprint density at radius 3 is 2.54 bits per heavy atom. The molecule has 4 heteroatoms. The van der Waals surface area contributed by atoms with Crippen molar-refractivity contribution in [3.05, 3.63) is 23.8 Å². The SMILES string of the molecule is C=C1CC[C@H]2[C@H](/C=C(/C)C(=O)[C@@]3(O)C[C@H](C)[C@H](O)[C@@H]3[C@H]1O)C2(C)C. The first-order valence-electron chi connectivity index (χ1n) is 9.01.